The molecule has 0 aliphatic carbocycles. The molecule has 38 heavy (non-hydrogen) atoms. The van der Waals surface area contributed by atoms with E-state index in [2.05, 4.69) is 18.8 Å². The molecule has 0 radical (unpaired) electrons. The molecular formula is C31H36N2O5. The molecule has 0 saturated heterocycles. The van der Waals surface area contributed by atoms with Crippen LogP contribution in [0.4, 0.5) is 11.4 Å². The van der Waals surface area contributed by atoms with Gasteiger partial charge in [0.05, 0.1) is 30.7 Å². The van der Waals surface area contributed by atoms with Crippen molar-refractivity contribution in [3.8, 4) is 5.75 Å². The zero-order valence-corrected chi connectivity index (χ0v) is 22.3. The van der Waals surface area contributed by atoms with E-state index in [0.29, 0.717) is 5.56 Å². The molecule has 0 heterocycles. The fourth-order valence-electron chi connectivity index (χ4n) is 4.57. The van der Waals surface area contributed by atoms with E-state index in [9.17, 15) is 14.9 Å². The number of unbranched alkanes of at least 4 members (excludes halogenated alkanes) is 3. The van der Waals surface area contributed by atoms with Gasteiger partial charge < -0.3 is 14.8 Å². The summed E-state index contributed by atoms with van der Waals surface area (Å²) in [4.78, 5) is 22.8. The quantitative estimate of drug-likeness (QED) is 0.102. The smallest absolute Gasteiger partial charge is 0.337 e. The fraction of sp³-hybridized carbons (Fsp3) is 0.323. The molecule has 0 amide bonds. The highest BCUT2D eigenvalue weighted by molar-refractivity contribution is 5.89. The number of methoxy groups -OCH3 is 2. The van der Waals surface area contributed by atoms with Gasteiger partial charge in [-0.2, -0.15) is 0 Å². The molecule has 0 aliphatic rings. The van der Waals surface area contributed by atoms with Crippen molar-refractivity contribution in [3.05, 3.63) is 106 Å². The molecule has 7 nitrogen and oxygen atoms in total. The number of nitro groups is 1. The Kier molecular flexibility index (Phi) is 10.5. The molecule has 0 spiro atoms. The lowest BCUT2D eigenvalue weighted by molar-refractivity contribution is -0.384. The summed E-state index contributed by atoms with van der Waals surface area (Å²) in [6.07, 6.45) is 5.29. The summed E-state index contributed by atoms with van der Waals surface area (Å²) < 4.78 is 10.1. The summed E-state index contributed by atoms with van der Waals surface area (Å²) in [6.45, 7) is 6.68. The standard InChI is InChI=1S/C31H36N2O5/c1-5-6-7-8-9-29(22(2)23-10-12-25(13-11-23)31(34)38-4)30(24-14-18-27(19-15-24)33(35)36)32-26-16-20-28(37-3)21-17-26/h10-21,29-30,32H,2,5-9H2,1,3-4H3/t29-,30+/m0/s1. The van der Waals surface area contributed by atoms with Gasteiger partial charge in [-0.05, 0) is 59.5 Å². The zero-order valence-electron chi connectivity index (χ0n) is 22.3. The summed E-state index contributed by atoms with van der Waals surface area (Å²) in [5.41, 5.74) is 4.23. The number of nitro benzene ring substituents is 1. The van der Waals surface area contributed by atoms with Crippen LogP contribution in [0, 0.1) is 16.0 Å². The van der Waals surface area contributed by atoms with Gasteiger partial charge >= 0.3 is 5.97 Å². The highest BCUT2D eigenvalue weighted by Gasteiger charge is 2.27. The Balaban J connectivity index is 2.01. The molecule has 3 rings (SSSR count). The first-order valence-electron chi connectivity index (χ1n) is 12.9. The van der Waals surface area contributed by atoms with Crippen molar-refractivity contribution in [2.24, 2.45) is 5.92 Å². The maximum absolute atomic E-state index is 11.9. The second-order valence-electron chi connectivity index (χ2n) is 9.25. The largest absolute Gasteiger partial charge is 0.497 e. The molecule has 7 heteroatoms. The number of nitrogens with one attached hydrogen (secondary N) is 1. The van der Waals surface area contributed by atoms with Gasteiger partial charge in [0.1, 0.15) is 5.75 Å². The van der Waals surface area contributed by atoms with E-state index >= 15 is 0 Å². The number of rotatable bonds is 14. The minimum absolute atomic E-state index is 0.0145. The number of carbonyl (C=O) groups is 1. The number of nitrogens with zero attached hydrogens (tertiary/aromatic N) is 1. The lowest BCUT2D eigenvalue weighted by atomic mass is 9.80. The van der Waals surface area contributed by atoms with Crippen LogP contribution < -0.4 is 10.1 Å². The first kappa shape index (κ1) is 28.4. The van der Waals surface area contributed by atoms with E-state index in [0.717, 1.165) is 60.2 Å². The molecule has 3 aromatic rings. The number of non-ortho nitro benzene ring substituents is 1. The van der Waals surface area contributed by atoms with E-state index in [1.54, 1.807) is 31.4 Å². The average molecular weight is 517 g/mol. The van der Waals surface area contributed by atoms with Crippen LogP contribution in [-0.4, -0.2) is 25.1 Å². The number of hydrogen-bond acceptors (Lipinski definition) is 6. The lowest BCUT2D eigenvalue weighted by Crippen LogP contribution is -2.22. The molecule has 0 aromatic heterocycles. The van der Waals surface area contributed by atoms with Crippen molar-refractivity contribution in [2.45, 2.75) is 45.1 Å². The summed E-state index contributed by atoms with van der Waals surface area (Å²) >= 11 is 0. The van der Waals surface area contributed by atoms with Gasteiger partial charge in [-0.1, -0.05) is 63.5 Å². The van der Waals surface area contributed by atoms with Crippen LogP contribution in [0.25, 0.3) is 5.57 Å². The number of anilines is 1. The molecule has 0 unspecified atom stereocenters. The zero-order chi connectivity index (χ0) is 27.5. The van der Waals surface area contributed by atoms with E-state index < -0.39 is 0 Å². The van der Waals surface area contributed by atoms with Crippen LogP contribution in [-0.2, 0) is 4.74 Å². The van der Waals surface area contributed by atoms with Gasteiger partial charge in [0, 0.05) is 23.7 Å². The van der Waals surface area contributed by atoms with Crippen molar-refractivity contribution in [1.29, 1.82) is 0 Å². The lowest BCUT2D eigenvalue weighted by Gasteiger charge is -2.31. The van der Waals surface area contributed by atoms with Crippen LogP contribution >= 0.6 is 0 Å². The van der Waals surface area contributed by atoms with Gasteiger partial charge in [0.15, 0.2) is 0 Å². The van der Waals surface area contributed by atoms with Crippen molar-refractivity contribution >= 4 is 22.9 Å². The molecule has 0 aliphatic heterocycles. The Hall–Kier alpha value is -4.13. The Morgan fingerprint density at radius 1 is 0.921 bits per heavy atom. The Morgan fingerprint density at radius 2 is 1.55 bits per heavy atom. The summed E-state index contributed by atoms with van der Waals surface area (Å²) in [5, 5.41) is 15.0. The number of benzene rings is 3. The molecule has 0 bridgehead atoms. The van der Waals surface area contributed by atoms with Crippen LogP contribution in [0.1, 0.15) is 66.6 Å². The molecule has 2 atom stereocenters. The molecule has 0 saturated carbocycles. The second-order valence-corrected chi connectivity index (χ2v) is 9.25. The van der Waals surface area contributed by atoms with E-state index in [1.165, 1.54) is 7.11 Å². The van der Waals surface area contributed by atoms with Gasteiger partial charge in [0.25, 0.3) is 5.69 Å². The molecular weight excluding hydrogens is 480 g/mol. The molecule has 1 N–H and O–H groups in total. The predicted octanol–water partition coefficient (Wildman–Crippen LogP) is 7.84. The van der Waals surface area contributed by atoms with Crippen LogP contribution in [0.5, 0.6) is 5.75 Å². The normalized spacial score (nSPS) is 12.3. The first-order valence-corrected chi connectivity index (χ1v) is 12.9. The highest BCUT2D eigenvalue weighted by Crippen LogP contribution is 2.39. The van der Waals surface area contributed by atoms with Crippen molar-refractivity contribution < 1.29 is 19.2 Å². The molecule has 200 valence electrons. The van der Waals surface area contributed by atoms with Gasteiger partial charge in [-0.25, -0.2) is 4.79 Å². The molecule has 0 fully saturated rings. The summed E-state index contributed by atoms with van der Waals surface area (Å²) in [7, 11) is 2.99. The predicted molar refractivity (Wildman–Crippen MR) is 152 cm³/mol. The van der Waals surface area contributed by atoms with E-state index in [1.807, 2.05) is 48.5 Å². The summed E-state index contributed by atoms with van der Waals surface area (Å²) in [6, 6.07) is 21.5. The van der Waals surface area contributed by atoms with Crippen molar-refractivity contribution in [1.82, 2.24) is 0 Å². The third-order valence-electron chi connectivity index (χ3n) is 6.77. The maximum atomic E-state index is 11.9. The topological polar surface area (TPSA) is 90.7 Å². The van der Waals surface area contributed by atoms with Crippen LogP contribution in [0.3, 0.4) is 0 Å². The fourth-order valence-corrected chi connectivity index (χ4v) is 4.57. The molecule has 3 aromatic carbocycles. The Morgan fingerprint density at radius 3 is 2.11 bits per heavy atom. The first-order chi connectivity index (χ1) is 18.4. The van der Waals surface area contributed by atoms with Gasteiger partial charge in [-0.3, -0.25) is 10.1 Å². The number of esters is 1. The minimum Gasteiger partial charge on any atom is -0.497 e. The van der Waals surface area contributed by atoms with Crippen molar-refractivity contribution in [3.63, 3.8) is 0 Å². The third-order valence-corrected chi connectivity index (χ3v) is 6.77. The van der Waals surface area contributed by atoms with Gasteiger partial charge in [-0.15, -0.1) is 0 Å². The Bertz CT molecular complexity index is 1200. The summed E-state index contributed by atoms with van der Waals surface area (Å²) in [5.74, 6) is 0.358. The average Bonchev–Trinajstić information content (AvgIpc) is 2.96. The SMILES string of the molecule is C=C(c1ccc(C(=O)OC)cc1)[C@H](CCCCCC)[C@H](Nc1ccc(OC)cc1)c1ccc([N+](=O)[O-])cc1. The van der Waals surface area contributed by atoms with E-state index in [-0.39, 0.29) is 28.5 Å². The number of carbonyl (C=O) groups excluding carboxylic acids is 1. The Labute approximate surface area is 224 Å². The van der Waals surface area contributed by atoms with E-state index in [4.69, 9.17) is 9.47 Å². The third kappa shape index (κ3) is 7.44. The number of hydrogen-bond donors (Lipinski definition) is 1. The van der Waals surface area contributed by atoms with Gasteiger partial charge in [0.2, 0.25) is 0 Å². The van der Waals surface area contributed by atoms with Crippen LogP contribution in [0.2, 0.25) is 0 Å². The van der Waals surface area contributed by atoms with Crippen molar-refractivity contribution in [2.75, 3.05) is 19.5 Å². The maximum Gasteiger partial charge on any atom is 0.337 e. The highest BCUT2D eigenvalue weighted by atomic mass is 16.6. The number of ether oxygens (including phenoxy) is 2. The second kappa shape index (κ2) is 14.0. The van der Waals surface area contributed by atoms with Crippen LogP contribution in [0.15, 0.2) is 79.4 Å². The minimum atomic E-state index is -0.389. The monoisotopic (exact) mass is 516 g/mol.